The van der Waals surface area contributed by atoms with Crippen molar-refractivity contribution in [1.82, 2.24) is 5.32 Å². The third-order valence-electron chi connectivity index (χ3n) is 3.30. The predicted molar refractivity (Wildman–Crippen MR) is 73.1 cm³/mol. The molecule has 2 rings (SSSR count). The van der Waals surface area contributed by atoms with Gasteiger partial charge in [0.2, 0.25) is 0 Å². The standard InChI is InChI=1S/C13H15N3O4/c1-13(2,7-14-12(17)18)11-6-8-5-9(16(19)20)3-4-10(8)15-11/h3-4,6,14H,5,7H2,1-2H3,(H,17,18). The molecule has 0 atom stereocenters. The smallest absolute Gasteiger partial charge is 0.404 e. The first-order valence-electron chi connectivity index (χ1n) is 6.12. The maximum absolute atomic E-state index is 10.8. The molecule has 1 aliphatic heterocycles. The van der Waals surface area contributed by atoms with Crippen molar-refractivity contribution in [2.45, 2.75) is 20.3 Å². The Morgan fingerprint density at radius 3 is 2.85 bits per heavy atom. The minimum Gasteiger partial charge on any atom is -0.465 e. The molecule has 1 amide bonds. The third-order valence-corrected chi connectivity index (χ3v) is 3.30. The van der Waals surface area contributed by atoms with Crippen molar-refractivity contribution < 1.29 is 14.8 Å². The van der Waals surface area contributed by atoms with Crippen molar-refractivity contribution in [2.75, 3.05) is 6.54 Å². The molecular weight excluding hydrogens is 262 g/mol. The molecule has 20 heavy (non-hydrogen) atoms. The number of nitrogens with one attached hydrogen (secondary N) is 1. The second-order valence-corrected chi connectivity index (χ2v) is 5.35. The Kier molecular flexibility index (Phi) is 3.44. The molecule has 0 aromatic carbocycles. The molecule has 7 nitrogen and oxygen atoms in total. The van der Waals surface area contributed by atoms with E-state index in [0.29, 0.717) is 5.70 Å². The summed E-state index contributed by atoms with van der Waals surface area (Å²) in [6, 6.07) is 0. The minimum atomic E-state index is -1.08. The van der Waals surface area contributed by atoms with Gasteiger partial charge in [0.15, 0.2) is 0 Å². The molecule has 1 heterocycles. The lowest BCUT2D eigenvalue weighted by molar-refractivity contribution is -0.427. The Morgan fingerprint density at radius 2 is 2.25 bits per heavy atom. The van der Waals surface area contributed by atoms with Crippen LogP contribution >= 0.6 is 0 Å². The third kappa shape index (κ3) is 2.76. The second kappa shape index (κ2) is 4.92. The molecule has 0 saturated heterocycles. The SMILES string of the molecule is CC(C)(CNC(=O)O)C1=NC2=CC=C([N+](=O)[O-])CC2=C1. The van der Waals surface area contributed by atoms with E-state index < -0.39 is 16.4 Å². The van der Waals surface area contributed by atoms with Crippen molar-refractivity contribution >= 4 is 11.8 Å². The molecule has 2 N–H and O–H groups in total. The lowest BCUT2D eigenvalue weighted by Gasteiger charge is -2.23. The van der Waals surface area contributed by atoms with Crippen LogP contribution in [0, 0.1) is 15.5 Å². The summed E-state index contributed by atoms with van der Waals surface area (Å²) in [6.45, 7) is 3.98. The van der Waals surface area contributed by atoms with Crippen LogP contribution in [0.1, 0.15) is 20.3 Å². The number of allylic oxidation sites excluding steroid dienone is 5. The normalized spacial score (nSPS) is 17.5. The molecule has 2 aliphatic rings. The lowest BCUT2D eigenvalue weighted by atomic mass is 9.86. The van der Waals surface area contributed by atoms with Gasteiger partial charge in [0.05, 0.1) is 17.0 Å². The summed E-state index contributed by atoms with van der Waals surface area (Å²) >= 11 is 0. The Labute approximate surface area is 115 Å². The van der Waals surface area contributed by atoms with Crippen molar-refractivity contribution in [3.05, 3.63) is 45.3 Å². The fraction of sp³-hybridized carbons (Fsp3) is 0.385. The number of nitrogens with zero attached hydrogens (tertiary/aromatic N) is 2. The van der Waals surface area contributed by atoms with Gasteiger partial charge in [-0.3, -0.25) is 15.1 Å². The highest BCUT2D eigenvalue weighted by molar-refractivity contribution is 6.04. The topological polar surface area (TPSA) is 105 Å². The van der Waals surface area contributed by atoms with E-state index in [2.05, 4.69) is 10.3 Å². The average molecular weight is 277 g/mol. The van der Waals surface area contributed by atoms with E-state index in [0.717, 1.165) is 11.3 Å². The molecule has 0 bridgehead atoms. The number of fused-ring (bicyclic) bond motifs is 1. The first-order valence-corrected chi connectivity index (χ1v) is 6.12. The van der Waals surface area contributed by atoms with Crippen molar-refractivity contribution in [2.24, 2.45) is 10.4 Å². The number of nitro groups is 1. The molecule has 0 saturated carbocycles. The Hall–Kier alpha value is -2.44. The van der Waals surface area contributed by atoms with Crippen LogP contribution in [0.4, 0.5) is 4.79 Å². The first-order chi connectivity index (χ1) is 9.29. The van der Waals surface area contributed by atoms with Crippen LogP contribution in [0.3, 0.4) is 0 Å². The molecule has 106 valence electrons. The van der Waals surface area contributed by atoms with E-state index in [-0.39, 0.29) is 18.7 Å². The molecule has 0 radical (unpaired) electrons. The highest BCUT2D eigenvalue weighted by Crippen LogP contribution is 2.34. The zero-order chi connectivity index (χ0) is 14.9. The van der Waals surface area contributed by atoms with E-state index in [4.69, 9.17) is 5.11 Å². The van der Waals surface area contributed by atoms with Gasteiger partial charge in [-0.1, -0.05) is 13.8 Å². The Morgan fingerprint density at radius 1 is 1.55 bits per heavy atom. The van der Waals surface area contributed by atoms with Crippen LogP contribution in [0.25, 0.3) is 0 Å². The average Bonchev–Trinajstić information content (AvgIpc) is 2.80. The number of aliphatic imine (C=N–C) groups is 1. The summed E-state index contributed by atoms with van der Waals surface area (Å²) in [7, 11) is 0. The maximum Gasteiger partial charge on any atom is 0.404 e. The number of hydrogen-bond acceptors (Lipinski definition) is 4. The van der Waals surface area contributed by atoms with E-state index in [1.54, 1.807) is 6.08 Å². The molecule has 0 spiro atoms. The van der Waals surface area contributed by atoms with E-state index in [1.165, 1.54) is 6.08 Å². The Balaban J connectivity index is 2.16. The van der Waals surface area contributed by atoms with Gasteiger partial charge in [-0.05, 0) is 17.7 Å². The molecule has 0 unspecified atom stereocenters. The first kappa shape index (κ1) is 14.0. The monoisotopic (exact) mass is 277 g/mol. The van der Waals surface area contributed by atoms with Gasteiger partial charge >= 0.3 is 6.09 Å². The number of carboxylic acid groups (broad SMARTS) is 1. The quantitative estimate of drug-likeness (QED) is 0.606. The van der Waals surface area contributed by atoms with Gasteiger partial charge < -0.3 is 10.4 Å². The largest absolute Gasteiger partial charge is 0.465 e. The highest BCUT2D eigenvalue weighted by Gasteiger charge is 2.31. The Bertz CT molecular complexity index is 597. The molecule has 7 heteroatoms. The molecule has 0 aromatic heterocycles. The number of rotatable bonds is 4. The van der Waals surface area contributed by atoms with Gasteiger partial charge in [-0.2, -0.15) is 0 Å². The second-order valence-electron chi connectivity index (χ2n) is 5.35. The lowest BCUT2D eigenvalue weighted by Crippen LogP contribution is -2.37. The summed E-state index contributed by atoms with van der Waals surface area (Å²) in [5.74, 6) is 0. The summed E-state index contributed by atoms with van der Waals surface area (Å²) < 4.78 is 0. The van der Waals surface area contributed by atoms with Crippen molar-refractivity contribution in [1.29, 1.82) is 0 Å². The zero-order valence-corrected chi connectivity index (χ0v) is 11.2. The summed E-state index contributed by atoms with van der Waals surface area (Å²) in [6.07, 6.45) is 4.06. The van der Waals surface area contributed by atoms with Gasteiger partial charge in [-0.25, -0.2) is 4.79 Å². The molecule has 1 aliphatic carbocycles. The fourth-order valence-electron chi connectivity index (χ4n) is 2.05. The molecule has 0 fully saturated rings. The maximum atomic E-state index is 10.8. The van der Waals surface area contributed by atoms with Gasteiger partial charge in [0.25, 0.3) is 5.70 Å². The van der Waals surface area contributed by atoms with Gasteiger partial charge in [0.1, 0.15) is 0 Å². The van der Waals surface area contributed by atoms with Gasteiger partial charge in [0, 0.05) is 23.7 Å². The van der Waals surface area contributed by atoms with E-state index >= 15 is 0 Å². The van der Waals surface area contributed by atoms with Crippen molar-refractivity contribution in [3.8, 4) is 0 Å². The molecule has 0 aromatic rings. The summed E-state index contributed by atoms with van der Waals surface area (Å²) in [5.41, 5.74) is 1.91. The van der Waals surface area contributed by atoms with Crippen LogP contribution in [0.15, 0.2) is 40.2 Å². The minimum absolute atomic E-state index is 0.137. The number of carbonyl (C=O) groups is 1. The van der Waals surface area contributed by atoms with E-state index in [9.17, 15) is 14.9 Å². The summed E-state index contributed by atoms with van der Waals surface area (Å²) in [4.78, 5) is 25.4. The van der Waals surface area contributed by atoms with Crippen LogP contribution in [-0.2, 0) is 0 Å². The number of hydrogen-bond donors (Lipinski definition) is 2. The zero-order valence-electron chi connectivity index (χ0n) is 11.2. The van der Waals surface area contributed by atoms with Crippen molar-refractivity contribution in [3.63, 3.8) is 0 Å². The summed E-state index contributed by atoms with van der Waals surface area (Å²) in [5, 5.41) is 21.8. The number of amides is 1. The van der Waals surface area contributed by atoms with Crippen LogP contribution in [0.2, 0.25) is 0 Å². The molecular formula is C13H15N3O4. The van der Waals surface area contributed by atoms with E-state index in [1.807, 2.05) is 19.9 Å². The fourth-order valence-corrected chi connectivity index (χ4v) is 2.05. The predicted octanol–water partition coefficient (Wildman–Crippen LogP) is 2.11. The van der Waals surface area contributed by atoms with Crippen LogP contribution in [0.5, 0.6) is 0 Å². The highest BCUT2D eigenvalue weighted by atomic mass is 16.6. The van der Waals surface area contributed by atoms with Gasteiger partial charge in [-0.15, -0.1) is 0 Å². The van der Waals surface area contributed by atoms with Crippen LogP contribution < -0.4 is 5.32 Å². The van der Waals surface area contributed by atoms with Crippen LogP contribution in [-0.4, -0.2) is 28.4 Å².